The zero-order valence-electron chi connectivity index (χ0n) is 20.3. The average Bonchev–Trinajstić information content (AvgIpc) is 2.74. The lowest BCUT2D eigenvalue weighted by Gasteiger charge is -2.25. The minimum absolute atomic E-state index is 0.590. The Morgan fingerprint density at radius 3 is 1.31 bits per heavy atom. The first kappa shape index (κ1) is 30.4. The van der Waals surface area contributed by atoms with Crippen LogP contribution in [0.1, 0.15) is 80.1 Å². The van der Waals surface area contributed by atoms with E-state index < -0.39 is 17.6 Å². The maximum Gasteiger partial charge on any atom is 0.0712 e. The minimum atomic E-state index is -0.725. The SMILES string of the molecule is CCCCOC(CCSSSCCC(OCCCC)[SiH](CC)CC)[SiH](CC)CC. The second kappa shape index (κ2) is 22.6. The Morgan fingerprint density at radius 2 is 1.00 bits per heavy atom. The molecular weight excluding hydrogens is 449 g/mol. The van der Waals surface area contributed by atoms with Gasteiger partial charge in [0.05, 0.1) is 17.6 Å². The quantitative estimate of drug-likeness (QED) is 0.0859. The first-order valence-electron chi connectivity index (χ1n) is 12.3. The van der Waals surface area contributed by atoms with Gasteiger partial charge in [-0.2, -0.15) is 0 Å². The molecule has 0 radical (unpaired) electrons. The maximum absolute atomic E-state index is 6.30. The van der Waals surface area contributed by atoms with Crippen molar-refractivity contribution in [2.75, 3.05) is 24.7 Å². The molecule has 0 aliphatic heterocycles. The van der Waals surface area contributed by atoms with Gasteiger partial charge in [-0.15, -0.1) is 0 Å². The van der Waals surface area contributed by atoms with Crippen LogP contribution in [0.2, 0.25) is 24.2 Å². The highest BCUT2D eigenvalue weighted by molar-refractivity contribution is 9.09. The van der Waals surface area contributed by atoms with Gasteiger partial charge in [0.1, 0.15) is 0 Å². The zero-order valence-corrected chi connectivity index (χ0v) is 25.0. The second-order valence-corrected chi connectivity index (χ2v) is 20.2. The van der Waals surface area contributed by atoms with Crippen LogP contribution in [0.15, 0.2) is 0 Å². The fraction of sp³-hybridized carbons (Fsp3) is 1.00. The van der Waals surface area contributed by atoms with Crippen LogP contribution in [0.25, 0.3) is 0 Å². The summed E-state index contributed by atoms with van der Waals surface area (Å²) < 4.78 is 12.6. The standard InChI is InChI=1S/C22H50O2S3Si2/c1-7-13-17-23-21(28(9-3)10-4)15-19-25-27-26-20-16-22(24-18-14-8-2)29(11-5)12-6/h21-22,28-29H,7-20H2,1-6H3. The third-order valence-electron chi connectivity index (χ3n) is 5.88. The van der Waals surface area contributed by atoms with E-state index in [0.717, 1.165) is 13.2 Å². The topological polar surface area (TPSA) is 18.5 Å². The van der Waals surface area contributed by atoms with E-state index in [9.17, 15) is 0 Å². The molecule has 0 aliphatic rings. The number of ether oxygens (including phenoxy) is 2. The Balaban J connectivity index is 4.09. The Morgan fingerprint density at radius 1 is 0.621 bits per heavy atom. The number of hydrogen-bond donors (Lipinski definition) is 0. The molecule has 176 valence electrons. The lowest BCUT2D eigenvalue weighted by Crippen LogP contribution is -2.33. The summed E-state index contributed by atoms with van der Waals surface area (Å²) in [6.45, 7) is 15.9. The van der Waals surface area contributed by atoms with Crippen molar-refractivity contribution in [2.24, 2.45) is 0 Å². The van der Waals surface area contributed by atoms with Crippen molar-refractivity contribution < 1.29 is 9.47 Å². The normalized spacial score (nSPS) is 14.1. The summed E-state index contributed by atoms with van der Waals surface area (Å²) in [7, 11) is 4.64. The van der Waals surface area contributed by atoms with Gasteiger partial charge in [-0.3, -0.25) is 0 Å². The summed E-state index contributed by atoms with van der Waals surface area (Å²) in [5.74, 6) is 2.46. The molecule has 0 N–H and O–H groups in total. The van der Waals surface area contributed by atoms with E-state index in [1.54, 1.807) is 0 Å². The predicted molar refractivity (Wildman–Crippen MR) is 147 cm³/mol. The lowest BCUT2D eigenvalue weighted by molar-refractivity contribution is 0.0972. The van der Waals surface area contributed by atoms with E-state index >= 15 is 0 Å². The highest BCUT2D eigenvalue weighted by Gasteiger charge is 2.21. The van der Waals surface area contributed by atoms with E-state index in [1.807, 2.05) is 31.4 Å². The van der Waals surface area contributed by atoms with Gasteiger partial charge >= 0.3 is 0 Å². The molecule has 0 aromatic rings. The van der Waals surface area contributed by atoms with Gasteiger partial charge in [0.15, 0.2) is 0 Å². The van der Waals surface area contributed by atoms with Crippen LogP contribution >= 0.6 is 31.4 Å². The molecule has 0 saturated heterocycles. The van der Waals surface area contributed by atoms with Crippen molar-refractivity contribution in [3.8, 4) is 0 Å². The van der Waals surface area contributed by atoms with Crippen LogP contribution in [0.5, 0.6) is 0 Å². The fourth-order valence-corrected chi connectivity index (χ4v) is 13.4. The van der Waals surface area contributed by atoms with Crippen LogP contribution in [0.4, 0.5) is 0 Å². The third kappa shape index (κ3) is 15.8. The molecule has 0 bridgehead atoms. The van der Waals surface area contributed by atoms with Crippen LogP contribution in [-0.2, 0) is 9.47 Å². The summed E-state index contributed by atoms with van der Waals surface area (Å²) in [5.41, 5.74) is 1.18. The van der Waals surface area contributed by atoms with Gasteiger partial charge in [-0.1, -0.05) is 100 Å². The molecule has 0 heterocycles. The van der Waals surface area contributed by atoms with Gasteiger partial charge in [0, 0.05) is 36.2 Å². The predicted octanol–water partition coefficient (Wildman–Crippen LogP) is 7.78. The van der Waals surface area contributed by atoms with Crippen molar-refractivity contribution in [1.29, 1.82) is 0 Å². The molecule has 0 aromatic heterocycles. The van der Waals surface area contributed by atoms with Crippen LogP contribution < -0.4 is 0 Å². The first-order chi connectivity index (χ1) is 14.2. The van der Waals surface area contributed by atoms with Crippen molar-refractivity contribution in [3.05, 3.63) is 0 Å². The summed E-state index contributed by atoms with van der Waals surface area (Å²) in [4.78, 5) is 0. The summed E-state index contributed by atoms with van der Waals surface area (Å²) in [5, 5.41) is 0. The van der Waals surface area contributed by atoms with E-state index in [0.29, 0.717) is 11.5 Å². The number of rotatable bonds is 22. The summed E-state index contributed by atoms with van der Waals surface area (Å²) in [6, 6.07) is 5.50. The third-order valence-corrected chi connectivity index (χ3v) is 17.5. The van der Waals surface area contributed by atoms with E-state index in [1.165, 1.54) is 74.2 Å². The fourth-order valence-electron chi connectivity index (χ4n) is 3.73. The molecule has 0 rings (SSSR count). The largest absolute Gasteiger partial charge is 0.382 e. The number of unbranched alkanes of at least 4 members (excludes halogenated alkanes) is 2. The molecule has 2 nitrogen and oxygen atoms in total. The highest BCUT2D eigenvalue weighted by Crippen LogP contribution is 2.36. The Kier molecular flexibility index (Phi) is 23.7. The molecule has 0 spiro atoms. The van der Waals surface area contributed by atoms with E-state index in [4.69, 9.17) is 9.47 Å². The highest BCUT2D eigenvalue weighted by atomic mass is 33.5. The monoisotopic (exact) mass is 498 g/mol. The van der Waals surface area contributed by atoms with Gasteiger partial charge in [-0.05, 0) is 35.5 Å². The summed E-state index contributed by atoms with van der Waals surface area (Å²) in [6.07, 6.45) is 7.41. The van der Waals surface area contributed by atoms with Gasteiger partial charge in [0.25, 0.3) is 0 Å². The molecule has 0 saturated carbocycles. The molecule has 0 aromatic carbocycles. The second-order valence-electron chi connectivity index (χ2n) is 7.97. The number of hydrogen-bond acceptors (Lipinski definition) is 5. The zero-order chi connectivity index (χ0) is 21.7. The Labute approximate surface area is 198 Å². The molecule has 0 fully saturated rings. The summed E-state index contributed by atoms with van der Waals surface area (Å²) >= 11 is 0. The molecule has 7 heteroatoms. The first-order valence-corrected chi connectivity index (χ1v) is 20.7. The molecule has 0 aliphatic carbocycles. The van der Waals surface area contributed by atoms with Crippen LogP contribution in [0.3, 0.4) is 0 Å². The van der Waals surface area contributed by atoms with Crippen molar-refractivity contribution in [3.63, 3.8) is 0 Å². The molecular formula is C22H50O2S3Si2. The molecule has 2 atom stereocenters. The lowest BCUT2D eigenvalue weighted by atomic mass is 10.4. The van der Waals surface area contributed by atoms with Crippen molar-refractivity contribution >= 4 is 49.0 Å². The van der Waals surface area contributed by atoms with Crippen LogP contribution in [-0.4, -0.2) is 53.8 Å². The van der Waals surface area contributed by atoms with Crippen molar-refractivity contribution in [2.45, 2.75) is 116 Å². The van der Waals surface area contributed by atoms with E-state index in [2.05, 4.69) is 41.5 Å². The smallest absolute Gasteiger partial charge is 0.0712 e. The van der Waals surface area contributed by atoms with Gasteiger partial charge < -0.3 is 9.47 Å². The molecule has 29 heavy (non-hydrogen) atoms. The Hall–Kier alpha value is 1.40. The van der Waals surface area contributed by atoms with Gasteiger partial charge in [-0.25, -0.2) is 0 Å². The average molecular weight is 499 g/mol. The van der Waals surface area contributed by atoms with Crippen LogP contribution in [0, 0.1) is 0 Å². The van der Waals surface area contributed by atoms with Gasteiger partial charge in [0.2, 0.25) is 0 Å². The molecule has 0 amide bonds. The molecule has 2 unspecified atom stereocenters. The van der Waals surface area contributed by atoms with Crippen molar-refractivity contribution in [1.82, 2.24) is 0 Å². The minimum Gasteiger partial charge on any atom is -0.382 e. The maximum atomic E-state index is 6.30. The Bertz CT molecular complexity index is 303. The van der Waals surface area contributed by atoms with E-state index in [-0.39, 0.29) is 0 Å².